The lowest BCUT2D eigenvalue weighted by Gasteiger charge is -2.12. The summed E-state index contributed by atoms with van der Waals surface area (Å²) in [5, 5.41) is 32.0. The number of phenols is 2. The first-order valence-corrected chi connectivity index (χ1v) is 17.8. The van der Waals surface area contributed by atoms with E-state index in [9.17, 15) is 50.5 Å². The number of carbonyl (C=O) groups is 3. The van der Waals surface area contributed by atoms with Gasteiger partial charge in [-0.15, -0.1) is 0 Å². The van der Waals surface area contributed by atoms with Gasteiger partial charge in [-0.1, -0.05) is 36.4 Å². The third-order valence-electron chi connectivity index (χ3n) is 7.85. The lowest BCUT2D eigenvalue weighted by Crippen LogP contribution is -2.20. The molecule has 8 N–H and O–H groups in total. The number of urea groups is 1. The number of rotatable bonds is 8. The molecule has 0 spiro atoms. The number of fused-ring (bicyclic) bond motifs is 2. The second kappa shape index (κ2) is 13.6. The Morgan fingerprint density at radius 2 is 0.808 bits per heavy atom. The lowest BCUT2D eigenvalue weighted by molar-refractivity contribution is 0.101. The van der Waals surface area contributed by atoms with Crippen LogP contribution < -0.4 is 21.3 Å². The summed E-state index contributed by atoms with van der Waals surface area (Å²) in [4.78, 5) is 37.6. The lowest BCUT2D eigenvalue weighted by atomic mass is 10.1. The molecular formula is C35H26N4O11S2. The van der Waals surface area contributed by atoms with Crippen molar-refractivity contribution in [3.05, 3.63) is 120 Å². The van der Waals surface area contributed by atoms with E-state index in [1.165, 1.54) is 109 Å². The average Bonchev–Trinajstić information content (AvgIpc) is 3.10. The van der Waals surface area contributed by atoms with Crippen LogP contribution in [-0.4, -0.2) is 54.0 Å². The first-order valence-electron chi connectivity index (χ1n) is 15.0. The zero-order chi connectivity index (χ0) is 37.4. The number of amides is 4. The first-order chi connectivity index (χ1) is 24.6. The zero-order valence-corrected chi connectivity index (χ0v) is 28.0. The molecule has 15 nitrogen and oxygen atoms in total. The molecule has 17 heteroatoms. The van der Waals surface area contributed by atoms with Crippen LogP contribution in [0.15, 0.2) is 119 Å². The Morgan fingerprint density at radius 3 is 1.15 bits per heavy atom. The summed E-state index contributed by atoms with van der Waals surface area (Å²) in [6.07, 6.45) is 0. The van der Waals surface area contributed by atoms with E-state index in [0.717, 1.165) is 0 Å². The Kier molecular flexibility index (Phi) is 9.26. The van der Waals surface area contributed by atoms with Gasteiger partial charge in [0.2, 0.25) is 0 Å². The fourth-order valence-electron chi connectivity index (χ4n) is 5.37. The number of phenolic OH excluding ortho intramolecular Hbond substituents is 2. The molecule has 6 aromatic carbocycles. The van der Waals surface area contributed by atoms with Crippen LogP contribution in [0.3, 0.4) is 0 Å². The molecule has 0 aliphatic rings. The molecule has 264 valence electrons. The van der Waals surface area contributed by atoms with Gasteiger partial charge in [0.05, 0.1) is 11.4 Å². The van der Waals surface area contributed by atoms with E-state index in [2.05, 4.69) is 21.3 Å². The molecule has 0 heterocycles. The van der Waals surface area contributed by atoms with Crippen LogP contribution in [0.1, 0.15) is 20.7 Å². The highest BCUT2D eigenvalue weighted by Gasteiger charge is 2.20. The molecule has 0 unspecified atom stereocenters. The molecule has 0 aliphatic carbocycles. The second-order valence-corrected chi connectivity index (χ2v) is 14.0. The number of benzene rings is 6. The minimum absolute atomic E-state index is 0.00114. The van der Waals surface area contributed by atoms with E-state index in [1.807, 2.05) is 0 Å². The molecule has 0 atom stereocenters. The molecular weight excluding hydrogens is 717 g/mol. The van der Waals surface area contributed by atoms with Crippen molar-refractivity contribution < 1.29 is 50.5 Å². The van der Waals surface area contributed by atoms with Gasteiger partial charge in [0, 0.05) is 44.0 Å². The predicted octanol–water partition coefficient (Wildman–Crippen LogP) is 6.05. The predicted molar refractivity (Wildman–Crippen MR) is 192 cm³/mol. The van der Waals surface area contributed by atoms with Gasteiger partial charge in [-0.3, -0.25) is 18.7 Å². The summed E-state index contributed by atoms with van der Waals surface area (Å²) in [5.41, 5.74) is 1.000. The molecule has 6 aromatic rings. The number of carbonyl (C=O) groups excluding carboxylic acids is 3. The minimum atomic E-state index is -4.55. The maximum Gasteiger partial charge on any atom is 0.323 e. The summed E-state index contributed by atoms with van der Waals surface area (Å²) in [6, 6.07) is 24.1. The fraction of sp³-hybridized carbons (Fsp3) is 0. The van der Waals surface area contributed by atoms with E-state index < -0.39 is 59.4 Å². The Bertz CT molecular complexity index is 2460. The van der Waals surface area contributed by atoms with E-state index in [0.29, 0.717) is 11.4 Å². The van der Waals surface area contributed by atoms with Crippen LogP contribution in [0.25, 0.3) is 21.5 Å². The minimum Gasteiger partial charge on any atom is -0.505 e. The van der Waals surface area contributed by atoms with E-state index in [4.69, 9.17) is 0 Å². The Morgan fingerprint density at radius 1 is 0.442 bits per heavy atom. The molecule has 52 heavy (non-hydrogen) atoms. The SMILES string of the molecule is O=C(Nc1ccc(C(=O)Nc2ccc3c(S(=O)(=O)O)cccc3c2O)cc1)Nc1ccc(C(=O)Nc2ccc3c(S(=O)(=O)O)cccc3c2O)cc1. The van der Waals surface area contributed by atoms with Crippen molar-refractivity contribution in [2.75, 3.05) is 21.3 Å². The fourth-order valence-corrected chi connectivity index (χ4v) is 6.78. The first kappa shape index (κ1) is 35.3. The molecule has 0 aliphatic heterocycles. The number of hydrogen-bond acceptors (Lipinski definition) is 9. The van der Waals surface area contributed by atoms with Crippen molar-refractivity contribution in [1.82, 2.24) is 0 Å². The van der Waals surface area contributed by atoms with Crippen LogP contribution in [0.5, 0.6) is 11.5 Å². The molecule has 0 aromatic heterocycles. The number of anilines is 4. The third kappa shape index (κ3) is 7.32. The summed E-state index contributed by atoms with van der Waals surface area (Å²) in [5.74, 6) is -2.02. The highest BCUT2D eigenvalue weighted by molar-refractivity contribution is 7.86. The standard InChI is InChI=1S/C35H26N4O11S2/c40-31-25-3-1-5-29(51(45,46)47)23(25)15-17-27(31)38-33(42)19-7-11-21(12-8-19)36-35(44)37-22-13-9-20(10-14-22)34(43)39-28-18-16-24-26(32(28)41)4-2-6-30(24)52(48,49)50/h1-18,40-41H,(H,38,42)(H,39,43)(H2,36,37,44)(H,45,46,47)(H,48,49,50). The van der Waals surface area contributed by atoms with Crippen molar-refractivity contribution in [2.24, 2.45) is 0 Å². The molecule has 0 saturated heterocycles. The summed E-state index contributed by atoms with van der Waals surface area (Å²) >= 11 is 0. The zero-order valence-electron chi connectivity index (χ0n) is 26.4. The van der Waals surface area contributed by atoms with Gasteiger partial charge in [0.15, 0.2) is 0 Å². The average molecular weight is 743 g/mol. The Balaban J connectivity index is 1.06. The van der Waals surface area contributed by atoms with Crippen LogP contribution in [0.2, 0.25) is 0 Å². The summed E-state index contributed by atoms with van der Waals surface area (Å²) in [6.45, 7) is 0. The molecule has 6 rings (SSSR count). The molecule has 0 fully saturated rings. The van der Waals surface area contributed by atoms with E-state index in [1.54, 1.807) is 0 Å². The van der Waals surface area contributed by atoms with Crippen molar-refractivity contribution >= 4 is 82.4 Å². The Hall–Kier alpha value is -6.53. The maximum absolute atomic E-state index is 12.9. The normalized spacial score (nSPS) is 11.6. The largest absolute Gasteiger partial charge is 0.505 e. The number of aromatic hydroxyl groups is 2. The topological polar surface area (TPSA) is 249 Å². The van der Waals surface area contributed by atoms with Gasteiger partial charge in [-0.2, -0.15) is 16.8 Å². The van der Waals surface area contributed by atoms with Gasteiger partial charge in [0.1, 0.15) is 21.3 Å². The summed E-state index contributed by atoms with van der Waals surface area (Å²) < 4.78 is 65.7. The highest BCUT2D eigenvalue weighted by Crippen LogP contribution is 2.37. The quantitative estimate of drug-likeness (QED) is 0.0659. The Labute approximate surface area is 295 Å². The van der Waals surface area contributed by atoms with Crippen molar-refractivity contribution in [3.63, 3.8) is 0 Å². The highest BCUT2D eigenvalue weighted by atomic mass is 32.2. The van der Waals surface area contributed by atoms with Gasteiger partial charge in [-0.05, 0) is 72.8 Å². The van der Waals surface area contributed by atoms with E-state index in [-0.39, 0.29) is 44.0 Å². The van der Waals surface area contributed by atoms with Crippen LogP contribution in [0.4, 0.5) is 27.5 Å². The molecule has 4 amide bonds. The van der Waals surface area contributed by atoms with Gasteiger partial charge in [-0.25, -0.2) is 4.79 Å². The summed E-state index contributed by atoms with van der Waals surface area (Å²) in [7, 11) is -9.11. The maximum atomic E-state index is 12.9. The smallest absolute Gasteiger partial charge is 0.323 e. The van der Waals surface area contributed by atoms with Crippen LogP contribution >= 0.6 is 0 Å². The van der Waals surface area contributed by atoms with Crippen LogP contribution in [0, 0.1) is 0 Å². The monoisotopic (exact) mass is 742 g/mol. The van der Waals surface area contributed by atoms with Crippen molar-refractivity contribution in [3.8, 4) is 11.5 Å². The van der Waals surface area contributed by atoms with Gasteiger partial charge < -0.3 is 31.5 Å². The molecule has 0 saturated carbocycles. The molecule has 0 radical (unpaired) electrons. The second-order valence-electron chi connectivity index (χ2n) is 11.2. The van der Waals surface area contributed by atoms with E-state index >= 15 is 0 Å². The number of hydrogen-bond donors (Lipinski definition) is 8. The van der Waals surface area contributed by atoms with Crippen molar-refractivity contribution in [1.29, 1.82) is 0 Å². The van der Waals surface area contributed by atoms with Crippen LogP contribution in [-0.2, 0) is 20.2 Å². The van der Waals surface area contributed by atoms with Gasteiger partial charge >= 0.3 is 6.03 Å². The third-order valence-corrected chi connectivity index (χ3v) is 9.67. The number of nitrogens with one attached hydrogen (secondary N) is 4. The van der Waals surface area contributed by atoms with Crippen molar-refractivity contribution in [2.45, 2.75) is 9.79 Å². The van der Waals surface area contributed by atoms with Gasteiger partial charge in [0.25, 0.3) is 32.1 Å². The molecule has 0 bridgehead atoms.